The monoisotopic (exact) mass is 976 g/mol. The fraction of sp³-hybridized carbons (Fsp3) is 0.491. The number of benzene rings is 3. The van der Waals surface area contributed by atoms with Gasteiger partial charge in [0, 0.05) is 61.5 Å². The van der Waals surface area contributed by atoms with E-state index in [1.54, 1.807) is 28.6 Å². The van der Waals surface area contributed by atoms with E-state index in [2.05, 4.69) is 62.9 Å². The number of carbonyl (C=O) groups is 4. The summed E-state index contributed by atoms with van der Waals surface area (Å²) in [6.07, 6.45) is 2.89. The highest BCUT2D eigenvalue weighted by atomic mass is 35.5. The number of aliphatic hydroxyl groups excluding tert-OH is 1. The van der Waals surface area contributed by atoms with Crippen LogP contribution in [0.15, 0.2) is 84.0 Å². The van der Waals surface area contributed by atoms with Crippen molar-refractivity contribution in [2.75, 3.05) is 31.1 Å². The van der Waals surface area contributed by atoms with Gasteiger partial charge in [-0.2, -0.15) is 10.4 Å². The van der Waals surface area contributed by atoms with Gasteiger partial charge in [0.25, 0.3) is 5.91 Å². The molecule has 4 unspecified atom stereocenters. The minimum absolute atomic E-state index is 0.0283. The fourth-order valence-electron chi connectivity index (χ4n) is 9.50. The summed E-state index contributed by atoms with van der Waals surface area (Å²) < 4.78 is 7.90. The number of ketones is 1. The van der Waals surface area contributed by atoms with Gasteiger partial charge in [0.05, 0.1) is 57.9 Å². The molecular weight excluding hydrogens is 912 g/mol. The zero-order valence-electron chi connectivity index (χ0n) is 40.6. The van der Waals surface area contributed by atoms with Crippen LogP contribution in [0.4, 0.5) is 5.69 Å². The fourth-order valence-corrected chi connectivity index (χ4v) is 10.7. The van der Waals surface area contributed by atoms with E-state index in [4.69, 9.17) is 21.6 Å². The summed E-state index contributed by atoms with van der Waals surface area (Å²) in [5, 5.41) is 31.2. The molecule has 3 aromatic carbocycles. The van der Waals surface area contributed by atoms with Crippen LogP contribution in [0.25, 0.3) is 11.3 Å². The largest absolute Gasteiger partial charge is 0.391 e. The summed E-state index contributed by atoms with van der Waals surface area (Å²) in [5.41, 5.74) is 6.96. The van der Waals surface area contributed by atoms with Crippen molar-refractivity contribution >= 4 is 58.1 Å². The highest BCUT2D eigenvalue weighted by molar-refractivity contribution is 8.12. The number of nitrogens with zero attached hydrogens (tertiary/aromatic N) is 6. The van der Waals surface area contributed by atoms with Crippen LogP contribution in [0.3, 0.4) is 0 Å². The summed E-state index contributed by atoms with van der Waals surface area (Å²) in [4.78, 5) is 62.9. The van der Waals surface area contributed by atoms with E-state index >= 15 is 0 Å². The van der Waals surface area contributed by atoms with Crippen LogP contribution >= 0.6 is 23.4 Å². The second kappa shape index (κ2) is 22.5. The minimum atomic E-state index is -0.934. The predicted molar refractivity (Wildman–Crippen MR) is 271 cm³/mol. The molecule has 2 saturated heterocycles. The predicted octanol–water partition coefficient (Wildman–Crippen LogP) is 7.98. The lowest BCUT2D eigenvalue weighted by molar-refractivity contribution is -0.144. The smallest absolute Gasteiger partial charge is 0.251 e. The minimum Gasteiger partial charge on any atom is -0.391 e. The van der Waals surface area contributed by atoms with Crippen LogP contribution in [0, 0.1) is 22.7 Å². The molecule has 0 spiro atoms. The number of hydrogen-bond donors (Lipinski definition) is 3. The molecule has 7 rings (SSSR count). The standard InChI is InChI=1S/C53H65ClN8O6S/c1-32(36-8-10-38(11-9-36)49-34(3)56-31-69-49)24-47(64)46-26-43(63)29-62(46)52(67)50(53(5,6)7)58-48(65)30-68-35(4)37-18-21-60(22-19-37)42-16-14-39(15-17-42)51(66)57-33(2)28-61-23-20-45(59-61)40-12-13-41(27-55)44(54)25-40/h8-17,20,23,25,31-35,37,43,46,49-50,63H,18-19,21-22,24,26,28-30H2,1-7H3,(H,57,66)(H,58,65)/t32-,33+,34?,35?,43-,46?,49?,50-/m1/s1. The zero-order chi connectivity index (χ0) is 49.6. The van der Waals surface area contributed by atoms with E-state index in [9.17, 15) is 24.3 Å². The third kappa shape index (κ3) is 12.8. The Morgan fingerprint density at radius 1 is 0.986 bits per heavy atom. The number of carbonyl (C=O) groups excluding carboxylic acids is 4. The molecule has 69 heavy (non-hydrogen) atoms. The molecule has 366 valence electrons. The number of aromatic nitrogens is 2. The zero-order valence-corrected chi connectivity index (χ0v) is 42.2. The van der Waals surface area contributed by atoms with E-state index < -0.39 is 29.5 Å². The van der Waals surface area contributed by atoms with Crippen LogP contribution in [-0.4, -0.2) is 111 Å². The van der Waals surface area contributed by atoms with Crippen LogP contribution in [-0.2, 0) is 25.7 Å². The maximum Gasteiger partial charge on any atom is 0.251 e. The molecule has 8 atom stereocenters. The Kier molecular flexibility index (Phi) is 16.7. The van der Waals surface area contributed by atoms with Crippen LogP contribution in [0.2, 0.25) is 5.02 Å². The Morgan fingerprint density at radius 3 is 2.33 bits per heavy atom. The third-order valence-corrected chi connectivity index (χ3v) is 15.2. The Morgan fingerprint density at radius 2 is 1.70 bits per heavy atom. The van der Waals surface area contributed by atoms with Crippen molar-refractivity contribution < 1.29 is 29.0 Å². The van der Waals surface area contributed by atoms with Gasteiger partial charge in [-0.3, -0.25) is 28.9 Å². The summed E-state index contributed by atoms with van der Waals surface area (Å²) >= 11 is 7.92. The number of Topliss-reactive ketones (excluding diaryl/α,β-unsaturated/α-hetero) is 1. The molecule has 4 aromatic rings. The lowest BCUT2D eigenvalue weighted by Crippen LogP contribution is -2.57. The Labute approximate surface area is 415 Å². The summed E-state index contributed by atoms with van der Waals surface area (Å²) in [6.45, 7) is 15.5. The van der Waals surface area contributed by atoms with E-state index in [-0.39, 0.29) is 78.9 Å². The molecule has 3 amide bonds. The molecule has 2 fully saturated rings. The highest BCUT2D eigenvalue weighted by Gasteiger charge is 2.44. The Balaban J connectivity index is 0.845. The molecule has 14 nitrogen and oxygen atoms in total. The number of nitrogens with one attached hydrogen (secondary N) is 2. The quantitative estimate of drug-likeness (QED) is 0.0939. The van der Waals surface area contributed by atoms with Gasteiger partial charge in [-0.05, 0) is 104 Å². The maximum absolute atomic E-state index is 14.2. The lowest BCUT2D eigenvalue weighted by atomic mass is 9.85. The van der Waals surface area contributed by atoms with Crippen LogP contribution < -0.4 is 15.5 Å². The maximum atomic E-state index is 14.2. The molecule has 0 radical (unpaired) electrons. The van der Waals surface area contributed by atoms with Crippen molar-refractivity contribution in [1.29, 1.82) is 5.26 Å². The van der Waals surface area contributed by atoms with E-state index in [0.717, 1.165) is 48.4 Å². The second-order valence-electron chi connectivity index (χ2n) is 20.0. The molecular formula is C53H65ClN8O6S. The van der Waals surface area contributed by atoms with Gasteiger partial charge in [0.2, 0.25) is 11.8 Å². The van der Waals surface area contributed by atoms with E-state index in [1.165, 1.54) is 10.5 Å². The number of ether oxygens (including phenoxy) is 1. The first-order valence-corrected chi connectivity index (χ1v) is 25.3. The molecule has 0 saturated carbocycles. The van der Waals surface area contributed by atoms with Crippen molar-refractivity contribution in [2.45, 2.75) is 128 Å². The van der Waals surface area contributed by atoms with E-state index in [0.29, 0.717) is 22.7 Å². The van der Waals surface area contributed by atoms with Crippen molar-refractivity contribution in [1.82, 2.24) is 25.3 Å². The van der Waals surface area contributed by atoms with Crippen molar-refractivity contribution in [3.8, 4) is 17.3 Å². The number of aliphatic imine (C=N–C) groups is 1. The van der Waals surface area contributed by atoms with Gasteiger partial charge in [-0.25, -0.2) is 0 Å². The number of anilines is 1. The van der Waals surface area contributed by atoms with Gasteiger partial charge in [0.1, 0.15) is 18.7 Å². The van der Waals surface area contributed by atoms with Crippen molar-refractivity contribution in [2.24, 2.45) is 16.3 Å². The highest BCUT2D eigenvalue weighted by Crippen LogP contribution is 2.38. The number of amides is 3. The first-order valence-electron chi connectivity index (χ1n) is 24.0. The first kappa shape index (κ1) is 51.3. The van der Waals surface area contributed by atoms with E-state index in [1.807, 2.05) is 89.7 Å². The number of nitriles is 1. The molecule has 4 heterocycles. The Hall–Kier alpha value is -5.53. The van der Waals surface area contributed by atoms with Gasteiger partial charge >= 0.3 is 0 Å². The first-order chi connectivity index (χ1) is 32.9. The summed E-state index contributed by atoms with van der Waals surface area (Å²) in [5.74, 6) is -0.948. The van der Waals surface area contributed by atoms with Gasteiger partial charge in [-0.1, -0.05) is 69.6 Å². The van der Waals surface area contributed by atoms with Crippen molar-refractivity contribution in [3.05, 3.63) is 106 Å². The summed E-state index contributed by atoms with van der Waals surface area (Å²) in [6, 6.07) is 23.4. The van der Waals surface area contributed by atoms with Crippen LogP contribution in [0.5, 0.6) is 0 Å². The molecule has 16 heteroatoms. The van der Waals surface area contributed by atoms with Crippen molar-refractivity contribution in [3.63, 3.8) is 0 Å². The molecule has 3 aliphatic rings. The average molecular weight is 978 g/mol. The van der Waals surface area contributed by atoms with Gasteiger partial charge in [-0.15, -0.1) is 11.8 Å². The molecule has 0 bridgehead atoms. The number of aliphatic hydroxyl groups is 1. The normalized spacial score (nSPS) is 21.3. The second-order valence-corrected chi connectivity index (χ2v) is 21.4. The summed E-state index contributed by atoms with van der Waals surface area (Å²) in [7, 11) is 0. The SMILES string of the molecule is CC1N=CSC1c1ccc([C@H](C)CC(=O)C2C[C@@H](O)CN2C(=O)[C@@H](NC(=O)COC(C)C2CCN(c3ccc(C(=O)N[C@@H](C)Cn4ccc(-c5ccc(C#N)c(Cl)c5)n4)cc3)CC2)C(C)(C)C)cc1. The molecule has 1 aromatic heterocycles. The van der Waals surface area contributed by atoms with Crippen LogP contribution in [0.1, 0.15) is 112 Å². The average Bonchev–Trinajstić information content (AvgIpc) is 4.09. The number of thioether (sulfide) groups is 1. The number of rotatable bonds is 17. The molecule has 3 aliphatic heterocycles. The number of β-amino-alcohol motifs (C(OH)–C–C–N with tert-alkyl or cyclic N) is 1. The lowest BCUT2D eigenvalue weighted by Gasteiger charge is -2.37. The number of hydrogen-bond acceptors (Lipinski definition) is 11. The topological polar surface area (TPSA) is 182 Å². The molecule has 3 N–H and O–H groups in total. The van der Waals surface area contributed by atoms with Gasteiger partial charge in [0.15, 0.2) is 5.78 Å². The molecule has 0 aliphatic carbocycles. The third-order valence-electron chi connectivity index (χ3n) is 13.7. The number of likely N-dealkylation sites (tertiary alicyclic amines) is 1. The number of halogens is 1. The Bertz CT molecular complexity index is 2530. The number of piperidine rings is 1. The van der Waals surface area contributed by atoms with Gasteiger partial charge < -0.3 is 30.3 Å².